The van der Waals surface area contributed by atoms with Crippen LogP contribution in [0.25, 0.3) is 10.1 Å². The molecule has 0 N–H and O–H groups in total. The van der Waals surface area contributed by atoms with Crippen LogP contribution in [-0.4, -0.2) is 41.5 Å². The van der Waals surface area contributed by atoms with E-state index in [1.165, 1.54) is 0 Å². The number of halogens is 3. The van der Waals surface area contributed by atoms with Crippen LogP contribution in [0.2, 0.25) is 0 Å². The van der Waals surface area contributed by atoms with Gasteiger partial charge in [0.15, 0.2) is 10.9 Å². The van der Waals surface area contributed by atoms with Crippen LogP contribution in [0.3, 0.4) is 0 Å². The summed E-state index contributed by atoms with van der Waals surface area (Å²) < 4.78 is 51.5. The van der Waals surface area contributed by atoms with Crippen molar-refractivity contribution >= 4 is 32.2 Å². The van der Waals surface area contributed by atoms with Crippen molar-refractivity contribution in [3.05, 3.63) is 37.7 Å². The van der Waals surface area contributed by atoms with E-state index in [0.717, 1.165) is 18.3 Å². The number of fused-ring (bicyclic) bond motifs is 1. The molecule has 0 aliphatic carbocycles. The smallest absolute Gasteiger partial charge is 0.348 e. The van der Waals surface area contributed by atoms with Crippen molar-refractivity contribution in [2.45, 2.75) is 44.8 Å². The molecule has 4 rings (SSSR count). The molecular formula is C18H18F3N3O5S. The zero-order valence-electron chi connectivity index (χ0n) is 16.1. The second-order valence-electron chi connectivity index (χ2n) is 7.47. The quantitative estimate of drug-likeness (QED) is 0.515. The predicted molar refractivity (Wildman–Crippen MR) is 103 cm³/mol. The predicted octanol–water partition coefficient (Wildman–Crippen LogP) is 3.62. The van der Waals surface area contributed by atoms with Gasteiger partial charge in [0.25, 0.3) is 11.2 Å². The number of aromatic nitrogens is 1. The van der Waals surface area contributed by atoms with E-state index in [2.05, 4.69) is 4.98 Å². The molecule has 3 heterocycles. The van der Waals surface area contributed by atoms with Crippen LogP contribution in [0, 0.1) is 17.0 Å². The van der Waals surface area contributed by atoms with Gasteiger partial charge in [-0.3, -0.25) is 14.9 Å². The van der Waals surface area contributed by atoms with Crippen LogP contribution in [0.15, 0.2) is 10.9 Å². The van der Waals surface area contributed by atoms with Crippen molar-refractivity contribution in [3.8, 4) is 0 Å². The molecule has 1 aromatic heterocycles. The average molecular weight is 445 g/mol. The van der Waals surface area contributed by atoms with Crippen molar-refractivity contribution in [1.82, 2.24) is 4.98 Å². The fraction of sp³-hybridized carbons (Fsp3) is 0.556. The number of nitro groups is 1. The summed E-state index contributed by atoms with van der Waals surface area (Å²) in [6.07, 6.45) is -3.80. The maximum Gasteiger partial charge on any atom is 0.416 e. The lowest BCUT2D eigenvalue weighted by Gasteiger charge is -2.38. The minimum atomic E-state index is -4.82. The summed E-state index contributed by atoms with van der Waals surface area (Å²) in [5.74, 6) is -0.679. The van der Waals surface area contributed by atoms with Gasteiger partial charge >= 0.3 is 6.18 Å². The number of nitrogens with zero attached hydrogens (tertiary/aromatic N) is 3. The second-order valence-corrected chi connectivity index (χ2v) is 8.45. The minimum Gasteiger partial charge on any atom is -0.348 e. The number of hydrogen-bond acceptors (Lipinski definition) is 8. The maximum atomic E-state index is 13.3. The molecule has 8 nitrogen and oxygen atoms in total. The van der Waals surface area contributed by atoms with Gasteiger partial charge in [-0.25, -0.2) is 0 Å². The Hall–Kier alpha value is -2.31. The number of benzene rings is 1. The van der Waals surface area contributed by atoms with Crippen molar-refractivity contribution in [1.29, 1.82) is 0 Å². The molecule has 0 radical (unpaired) electrons. The number of nitro benzene ring substituents is 1. The first-order chi connectivity index (χ1) is 14.0. The first-order valence-corrected chi connectivity index (χ1v) is 10.1. The van der Waals surface area contributed by atoms with Gasteiger partial charge in [0.2, 0.25) is 0 Å². The monoisotopic (exact) mass is 445 g/mol. The number of hydrogen-bond donors (Lipinski definition) is 0. The summed E-state index contributed by atoms with van der Waals surface area (Å²) in [6, 6.07) is 0.653. The molecule has 0 unspecified atom stereocenters. The summed E-state index contributed by atoms with van der Waals surface area (Å²) in [5.41, 5.74) is -3.36. The Labute approximate surface area is 172 Å². The molecule has 2 aliphatic heterocycles. The fourth-order valence-corrected chi connectivity index (χ4v) is 5.12. The van der Waals surface area contributed by atoms with Gasteiger partial charge in [0, 0.05) is 31.5 Å². The molecular weight excluding hydrogens is 427 g/mol. The largest absolute Gasteiger partial charge is 0.416 e. The Bertz CT molecular complexity index is 1080. The summed E-state index contributed by atoms with van der Waals surface area (Å²) in [5, 5.41) is 11.4. The minimum absolute atomic E-state index is 0.0140. The molecule has 162 valence electrons. The Balaban J connectivity index is 1.76. The Kier molecular flexibility index (Phi) is 4.98. The van der Waals surface area contributed by atoms with Crippen LogP contribution in [0.5, 0.6) is 0 Å². The van der Waals surface area contributed by atoms with Crippen LogP contribution >= 0.6 is 11.3 Å². The van der Waals surface area contributed by atoms with Crippen molar-refractivity contribution < 1.29 is 27.6 Å². The van der Waals surface area contributed by atoms with Gasteiger partial charge in [-0.05, 0) is 19.9 Å². The van der Waals surface area contributed by atoms with Crippen molar-refractivity contribution in [2.24, 2.45) is 0 Å². The third kappa shape index (κ3) is 3.52. The van der Waals surface area contributed by atoms with Crippen LogP contribution in [-0.2, 0) is 15.7 Å². The first kappa shape index (κ1) is 20.9. The van der Waals surface area contributed by atoms with Gasteiger partial charge in [0.1, 0.15) is 4.70 Å². The van der Waals surface area contributed by atoms with E-state index in [-0.39, 0.29) is 15.9 Å². The standard InChI is InChI=1S/C18H18F3N3O5S/c1-9-8-28-17(29-9)3-5-23(6-4-17)16-22-15(25)11-7-12(18(19,20)21)10(2)13(24(26)27)14(11)30-16/h7,9H,3-6,8H2,1-2H3/t9-/m0/s1. The summed E-state index contributed by atoms with van der Waals surface area (Å²) in [6.45, 7) is 4.32. The van der Waals surface area contributed by atoms with Gasteiger partial charge in [-0.1, -0.05) is 11.3 Å². The Morgan fingerprint density at radius 2 is 2.03 bits per heavy atom. The first-order valence-electron chi connectivity index (χ1n) is 9.27. The number of piperidine rings is 1. The third-order valence-electron chi connectivity index (χ3n) is 5.41. The Morgan fingerprint density at radius 1 is 1.37 bits per heavy atom. The van der Waals surface area contributed by atoms with Crippen LogP contribution in [0.1, 0.15) is 30.9 Å². The summed E-state index contributed by atoms with van der Waals surface area (Å²) >= 11 is 0.852. The zero-order chi connectivity index (χ0) is 21.8. The average Bonchev–Trinajstić information content (AvgIpc) is 3.00. The van der Waals surface area contributed by atoms with E-state index in [0.29, 0.717) is 38.6 Å². The van der Waals surface area contributed by atoms with Gasteiger partial charge in [0.05, 0.1) is 28.6 Å². The highest BCUT2D eigenvalue weighted by Crippen LogP contribution is 2.42. The van der Waals surface area contributed by atoms with Crippen molar-refractivity contribution in [3.63, 3.8) is 0 Å². The number of alkyl halides is 3. The molecule has 1 aromatic carbocycles. The zero-order valence-corrected chi connectivity index (χ0v) is 16.9. The topological polar surface area (TPSA) is 94.8 Å². The van der Waals surface area contributed by atoms with E-state index >= 15 is 0 Å². The normalized spacial score (nSPS) is 21.5. The lowest BCUT2D eigenvalue weighted by atomic mass is 10.0. The molecule has 30 heavy (non-hydrogen) atoms. The Morgan fingerprint density at radius 3 is 2.57 bits per heavy atom. The fourth-order valence-electron chi connectivity index (χ4n) is 3.92. The van der Waals surface area contributed by atoms with E-state index in [9.17, 15) is 28.1 Å². The van der Waals surface area contributed by atoms with Gasteiger partial charge < -0.3 is 14.4 Å². The molecule has 0 bridgehead atoms. The van der Waals surface area contributed by atoms with Crippen molar-refractivity contribution in [2.75, 3.05) is 24.6 Å². The number of ether oxygens (including phenoxy) is 2. The summed E-state index contributed by atoms with van der Waals surface area (Å²) in [7, 11) is 0. The highest BCUT2D eigenvalue weighted by atomic mass is 32.1. The van der Waals surface area contributed by atoms with E-state index in [4.69, 9.17) is 9.47 Å². The van der Waals surface area contributed by atoms with Crippen LogP contribution in [0.4, 0.5) is 24.0 Å². The lowest BCUT2D eigenvalue weighted by Crippen LogP contribution is -2.45. The maximum absolute atomic E-state index is 13.3. The van der Waals surface area contributed by atoms with E-state index < -0.39 is 44.6 Å². The summed E-state index contributed by atoms with van der Waals surface area (Å²) in [4.78, 5) is 29.0. The molecule has 12 heteroatoms. The molecule has 0 saturated carbocycles. The second kappa shape index (κ2) is 7.13. The third-order valence-corrected chi connectivity index (χ3v) is 6.56. The highest BCUT2D eigenvalue weighted by Gasteiger charge is 2.43. The van der Waals surface area contributed by atoms with E-state index in [1.54, 1.807) is 4.90 Å². The number of anilines is 1. The van der Waals surface area contributed by atoms with E-state index in [1.807, 2.05) is 6.92 Å². The highest BCUT2D eigenvalue weighted by molar-refractivity contribution is 7.22. The molecule has 2 fully saturated rings. The molecule has 0 amide bonds. The molecule has 1 spiro atoms. The number of rotatable bonds is 2. The van der Waals surface area contributed by atoms with Gasteiger partial charge in [-0.2, -0.15) is 18.2 Å². The van der Waals surface area contributed by atoms with Crippen LogP contribution < -0.4 is 10.5 Å². The molecule has 2 aliphatic rings. The molecule has 2 saturated heterocycles. The molecule has 2 aromatic rings. The lowest BCUT2D eigenvalue weighted by molar-refractivity contribution is -0.383. The van der Waals surface area contributed by atoms with Gasteiger partial charge in [-0.15, -0.1) is 0 Å². The SMILES string of the molecule is Cc1c(C(F)(F)F)cc2c(=O)nc(N3CCC4(CC3)OC[C@H](C)O4)sc2c1[N+](=O)[O-]. The molecule has 1 atom stereocenters.